The lowest BCUT2D eigenvalue weighted by Crippen LogP contribution is -2.36. The summed E-state index contributed by atoms with van der Waals surface area (Å²) in [6, 6.07) is 12.4. The summed E-state index contributed by atoms with van der Waals surface area (Å²) < 4.78 is 44.0. The molecule has 1 amide bonds. The van der Waals surface area contributed by atoms with E-state index >= 15 is 0 Å². The van der Waals surface area contributed by atoms with Gasteiger partial charge in [-0.2, -0.15) is 13.2 Å². The van der Waals surface area contributed by atoms with Gasteiger partial charge in [-0.3, -0.25) is 9.79 Å². The van der Waals surface area contributed by atoms with Crippen molar-refractivity contribution in [3.63, 3.8) is 0 Å². The van der Waals surface area contributed by atoms with Crippen molar-refractivity contribution in [2.75, 3.05) is 27.7 Å². The highest BCUT2D eigenvalue weighted by Gasteiger charge is 2.30. The molecule has 0 fully saturated rings. The van der Waals surface area contributed by atoms with Gasteiger partial charge in [0.05, 0.1) is 5.56 Å². The Balaban J connectivity index is 1.89. The van der Waals surface area contributed by atoms with Gasteiger partial charge in [0.15, 0.2) is 12.6 Å². The Bertz CT molecular complexity index is 883. The van der Waals surface area contributed by atoms with Gasteiger partial charge in [-0.1, -0.05) is 24.3 Å². The van der Waals surface area contributed by atoms with Crippen LogP contribution in [0.4, 0.5) is 13.2 Å². The Labute approximate surface area is 173 Å². The highest BCUT2D eigenvalue weighted by molar-refractivity contribution is 5.79. The monoisotopic (exact) mass is 422 g/mol. The number of amides is 1. The van der Waals surface area contributed by atoms with E-state index in [0.29, 0.717) is 23.8 Å². The molecule has 2 rings (SSSR count). The van der Waals surface area contributed by atoms with Crippen LogP contribution in [-0.2, 0) is 24.1 Å². The molecule has 0 bridgehead atoms. The summed E-state index contributed by atoms with van der Waals surface area (Å²) in [5, 5.41) is 6.09. The van der Waals surface area contributed by atoms with Gasteiger partial charge in [0.2, 0.25) is 0 Å². The maximum Gasteiger partial charge on any atom is 0.416 e. The minimum atomic E-state index is -4.37. The number of rotatable bonds is 7. The van der Waals surface area contributed by atoms with E-state index in [1.807, 2.05) is 12.1 Å². The van der Waals surface area contributed by atoms with E-state index in [-0.39, 0.29) is 19.1 Å². The molecule has 0 aliphatic heterocycles. The second-order valence-electron chi connectivity index (χ2n) is 6.70. The second kappa shape index (κ2) is 10.5. The fraction of sp³-hybridized carbons (Fsp3) is 0.333. The molecule has 2 N–H and O–H groups in total. The lowest BCUT2D eigenvalue weighted by atomic mass is 10.1. The smallest absolute Gasteiger partial charge is 0.416 e. The topological polar surface area (TPSA) is 66.0 Å². The Morgan fingerprint density at radius 3 is 2.20 bits per heavy atom. The molecule has 6 nitrogen and oxygen atoms in total. The number of nitrogens with zero attached hydrogens (tertiary/aromatic N) is 2. The number of hydrogen-bond acceptors (Lipinski definition) is 3. The van der Waals surface area contributed by atoms with Crippen LogP contribution in [0.5, 0.6) is 5.75 Å². The van der Waals surface area contributed by atoms with Crippen molar-refractivity contribution in [3.8, 4) is 5.75 Å². The summed E-state index contributed by atoms with van der Waals surface area (Å²) in [6.45, 7) is 0.560. The van der Waals surface area contributed by atoms with E-state index in [1.54, 1.807) is 39.3 Å². The number of halogens is 3. The van der Waals surface area contributed by atoms with Crippen molar-refractivity contribution >= 4 is 11.9 Å². The first-order chi connectivity index (χ1) is 14.2. The average molecular weight is 422 g/mol. The SMILES string of the molecule is CN=C(NCc1cccc(OCC(=O)N(C)C)c1)NCc1cccc(C(F)(F)F)c1. The first kappa shape index (κ1) is 23.1. The third-order valence-electron chi connectivity index (χ3n) is 4.16. The largest absolute Gasteiger partial charge is 0.484 e. The maximum atomic E-state index is 12.8. The molecule has 0 aromatic heterocycles. The molecule has 2 aromatic rings. The predicted octanol–water partition coefficient (Wildman–Crippen LogP) is 3.04. The molecule has 0 saturated carbocycles. The number of benzene rings is 2. The van der Waals surface area contributed by atoms with Gasteiger partial charge >= 0.3 is 6.18 Å². The van der Waals surface area contributed by atoms with Gasteiger partial charge in [0.1, 0.15) is 5.75 Å². The van der Waals surface area contributed by atoms with E-state index in [2.05, 4.69) is 15.6 Å². The molecule has 9 heteroatoms. The molecule has 0 unspecified atom stereocenters. The molecule has 2 aromatic carbocycles. The summed E-state index contributed by atoms with van der Waals surface area (Å²) in [6.07, 6.45) is -4.37. The van der Waals surface area contributed by atoms with E-state index in [1.165, 1.54) is 11.0 Å². The number of carbonyl (C=O) groups is 1. The van der Waals surface area contributed by atoms with Crippen LogP contribution >= 0.6 is 0 Å². The minimum absolute atomic E-state index is 0.0515. The Kier molecular flexibility index (Phi) is 8.08. The summed E-state index contributed by atoms with van der Waals surface area (Å²) in [5.74, 6) is 0.871. The van der Waals surface area contributed by atoms with Crippen molar-refractivity contribution in [2.45, 2.75) is 19.3 Å². The molecule has 0 heterocycles. The summed E-state index contributed by atoms with van der Waals surface area (Å²) in [4.78, 5) is 17.2. The molecule has 162 valence electrons. The summed E-state index contributed by atoms with van der Waals surface area (Å²) in [7, 11) is 4.89. The van der Waals surface area contributed by atoms with E-state index in [0.717, 1.165) is 17.7 Å². The lowest BCUT2D eigenvalue weighted by molar-refractivity contribution is -0.137. The zero-order chi connectivity index (χ0) is 22.1. The standard InChI is InChI=1S/C21H25F3N4O2/c1-25-20(26-12-15-6-4-8-17(10-15)21(22,23)24)27-13-16-7-5-9-18(11-16)30-14-19(29)28(2)3/h4-11H,12-14H2,1-3H3,(H2,25,26,27). The first-order valence-corrected chi connectivity index (χ1v) is 9.21. The third kappa shape index (κ3) is 7.31. The lowest BCUT2D eigenvalue weighted by Gasteiger charge is -2.14. The molecule has 0 atom stereocenters. The second-order valence-corrected chi connectivity index (χ2v) is 6.70. The number of nitrogens with one attached hydrogen (secondary N) is 2. The first-order valence-electron chi connectivity index (χ1n) is 9.21. The zero-order valence-electron chi connectivity index (χ0n) is 17.1. The number of guanidine groups is 1. The van der Waals surface area contributed by atoms with E-state index in [9.17, 15) is 18.0 Å². The number of aliphatic imine (C=N–C) groups is 1. The quantitative estimate of drug-likeness (QED) is 0.532. The Morgan fingerprint density at radius 1 is 1.03 bits per heavy atom. The molecule has 0 spiro atoms. The summed E-state index contributed by atoms with van der Waals surface area (Å²) in [5.41, 5.74) is 0.704. The van der Waals surface area contributed by atoms with Crippen molar-refractivity contribution in [1.29, 1.82) is 0 Å². The maximum absolute atomic E-state index is 12.8. The van der Waals surface area contributed by atoms with Crippen LogP contribution in [0.1, 0.15) is 16.7 Å². The van der Waals surface area contributed by atoms with Crippen LogP contribution in [0.25, 0.3) is 0 Å². The molecule has 0 radical (unpaired) electrons. The fourth-order valence-electron chi connectivity index (χ4n) is 2.47. The number of alkyl halides is 3. The number of likely N-dealkylation sites (N-methyl/N-ethyl adjacent to an activating group) is 1. The van der Waals surface area contributed by atoms with E-state index < -0.39 is 11.7 Å². The third-order valence-corrected chi connectivity index (χ3v) is 4.16. The van der Waals surface area contributed by atoms with E-state index in [4.69, 9.17) is 4.74 Å². The molecular formula is C21H25F3N4O2. The molecule has 0 aliphatic rings. The van der Waals surface area contributed by atoms with Gasteiger partial charge in [-0.05, 0) is 35.4 Å². The average Bonchev–Trinajstić information content (AvgIpc) is 2.72. The predicted molar refractivity (Wildman–Crippen MR) is 109 cm³/mol. The number of carbonyl (C=O) groups excluding carboxylic acids is 1. The highest BCUT2D eigenvalue weighted by atomic mass is 19.4. The van der Waals surface area contributed by atoms with Gasteiger partial charge in [0, 0.05) is 34.2 Å². The fourth-order valence-corrected chi connectivity index (χ4v) is 2.47. The van der Waals surface area contributed by atoms with Crippen LogP contribution < -0.4 is 15.4 Å². The van der Waals surface area contributed by atoms with Crippen molar-refractivity contribution in [2.24, 2.45) is 4.99 Å². The molecular weight excluding hydrogens is 397 g/mol. The Hall–Kier alpha value is -3.23. The molecule has 30 heavy (non-hydrogen) atoms. The molecule has 0 saturated heterocycles. The minimum Gasteiger partial charge on any atom is -0.484 e. The van der Waals surface area contributed by atoms with Crippen molar-refractivity contribution < 1.29 is 22.7 Å². The zero-order valence-corrected chi connectivity index (χ0v) is 17.1. The number of ether oxygens (including phenoxy) is 1. The van der Waals surface area contributed by atoms with Gasteiger partial charge in [-0.15, -0.1) is 0 Å². The highest BCUT2D eigenvalue weighted by Crippen LogP contribution is 2.29. The Morgan fingerprint density at radius 2 is 1.63 bits per heavy atom. The van der Waals surface area contributed by atoms with Crippen LogP contribution in [0.2, 0.25) is 0 Å². The van der Waals surface area contributed by atoms with Crippen molar-refractivity contribution in [1.82, 2.24) is 15.5 Å². The van der Waals surface area contributed by atoms with Gasteiger partial charge in [0.25, 0.3) is 5.91 Å². The molecule has 0 aliphatic carbocycles. The van der Waals surface area contributed by atoms with Crippen LogP contribution in [0.15, 0.2) is 53.5 Å². The van der Waals surface area contributed by atoms with Gasteiger partial charge in [-0.25, -0.2) is 0 Å². The van der Waals surface area contributed by atoms with Crippen LogP contribution in [0, 0.1) is 0 Å². The summed E-state index contributed by atoms with van der Waals surface area (Å²) >= 11 is 0. The van der Waals surface area contributed by atoms with Crippen LogP contribution in [0.3, 0.4) is 0 Å². The van der Waals surface area contributed by atoms with Crippen molar-refractivity contribution in [3.05, 3.63) is 65.2 Å². The normalized spacial score (nSPS) is 11.7. The van der Waals surface area contributed by atoms with Crippen LogP contribution in [-0.4, -0.2) is 44.5 Å². The number of hydrogen-bond donors (Lipinski definition) is 2. The van der Waals surface area contributed by atoms with Gasteiger partial charge < -0.3 is 20.3 Å².